The number of methoxy groups -OCH3 is 1. The fraction of sp³-hybridized carbons (Fsp3) is 0.222. The van der Waals surface area contributed by atoms with Crippen molar-refractivity contribution in [2.75, 3.05) is 7.11 Å². The number of halogens is 1. The molecule has 0 aliphatic heterocycles. The molecule has 0 saturated heterocycles. The van der Waals surface area contributed by atoms with Gasteiger partial charge in [0.05, 0.1) is 29.1 Å². The zero-order chi connectivity index (χ0) is 17.3. The van der Waals surface area contributed by atoms with Gasteiger partial charge in [-0.25, -0.2) is 4.98 Å². The van der Waals surface area contributed by atoms with Crippen LogP contribution in [-0.2, 0) is 0 Å². The maximum Gasteiger partial charge on any atom is 0.259 e. The molecule has 0 spiro atoms. The highest BCUT2D eigenvalue weighted by molar-refractivity contribution is 6.32. The van der Waals surface area contributed by atoms with Crippen molar-refractivity contribution < 1.29 is 9.47 Å². The monoisotopic (exact) mass is 344 g/mol. The minimum atomic E-state index is -0.201. The van der Waals surface area contributed by atoms with Crippen molar-refractivity contribution in [3.05, 3.63) is 51.8 Å². The summed E-state index contributed by atoms with van der Waals surface area (Å²) in [5.41, 5.74) is 1.07. The molecule has 24 heavy (non-hydrogen) atoms. The number of nitrogens with zero attached hydrogens (tertiary/aromatic N) is 1. The molecule has 124 valence electrons. The number of hydrogen-bond donors (Lipinski definition) is 1. The summed E-state index contributed by atoms with van der Waals surface area (Å²) in [5, 5.41) is 0.938. The van der Waals surface area contributed by atoms with Crippen molar-refractivity contribution in [2.45, 2.75) is 20.0 Å². The molecule has 1 aromatic heterocycles. The van der Waals surface area contributed by atoms with Crippen molar-refractivity contribution in [1.82, 2.24) is 9.97 Å². The van der Waals surface area contributed by atoms with Crippen LogP contribution >= 0.6 is 11.6 Å². The number of aromatic amines is 1. The third kappa shape index (κ3) is 3.08. The molecule has 5 nitrogen and oxygen atoms in total. The molecule has 0 fully saturated rings. The van der Waals surface area contributed by atoms with Crippen LogP contribution in [0.1, 0.15) is 13.8 Å². The lowest BCUT2D eigenvalue weighted by atomic mass is 10.1. The Bertz CT molecular complexity index is 951. The van der Waals surface area contributed by atoms with Crippen molar-refractivity contribution in [3.8, 4) is 22.9 Å². The van der Waals surface area contributed by atoms with Crippen LogP contribution in [0.25, 0.3) is 22.3 Å². The van der Waals surface area contributed by atoms with Crippen LogP contribution in [0.3, 0.4) is 0 Å². The fourth-order valence-electron chi connectivity index (χ4n) is 2.43. The second kappa shape index (κ2) is 6.53. The number of ether oxygens (including phenoxy) is 2. The molecule has 6 heteroatoms. The van der Waals surface area contributed by atoms with Crippen LogP contribution in [-0.4, -0.2) is 23.2 Å². The Morgan fingerprint density at radius 2 is 1.96 bits per heavy atom. The van der Waals surface area contributed by atoms with E-state index in [1.165, 1.54) is 0 Å². The first kappa shape index (κ1) is 16.3. The summed E-state index contributed by atoms with van der Waals surface area (Å²) in [5.74, 6) is 1.39. The smallest absolute Gasteiger partial charge is 0.259 e. The van der Waals surface area contributed by atoms with Gasteiger partial charge in [0.25, 0.3) is 5.56 Å². The lowest BCUT2D eigenvalue weighted by Crippen LogP contribution is -2.10. The maximum absolute atomic E-state index is 12.2. The van der Waals surface area contributed by atoms with Crippen LogP contribution in [0.2, 0.25) is 5.02 Å². The number of nitrogens with one attached hydrogen (secondary N) is 1. The second-order valence-corrected chi connectivity index (χ2v) is 5.99. The molecule has 0 amide bonds. The highest BCUT2D eigenvalue weighted by Gasteiger charge is 2.16. The van der Waals surface area contributed by atoms with E-state index >= 15 is 0 Å². The van der Waals surface area contributed by atoms with Gasteiger partial charge >= 0.3 is 0 Å². The summed E-state index contributed by atoms with van der Waals surface area (Å²) in [6, 6.07) is 10.6. The molecule has 0 radical (unpaired) electrons. The fourth-order valence-corrected chi connectivity index (χ4v) is 2.68. The molecule has 0 aliphatic carbocycles. The molecule has 0 bridgehead atoms. The zero-order valence-corrected chi connectivity index (χ0v) is 14.3. The maximum atomic E-state index is 12.2. The molecule has 3 rings (SSSR count). The Labute approximate surface area is 144 Å². The van der Waals surface area contributed by atoms with Crippen LogP contribution in [0.15, 0.2) is 41.2 Å². The zero-order valence-electron chi connectivity index (χ0n) is 13.6. The summed E-state index contributed by atoms with van der Waals surface area (Å²) >= 11 is 6.34. The highest BCUT2D eigenvalue weighted by Crippen LogP contribution is 2.39. The summed E-state index contributed by atoms with van der Waals surface area (Å²) in [7, 11) is 1.54. The Hall–Kier alpha value is -2.53. The Kier molecular flexibility index (Phi) is 4.44. The lowest BCUT2D eigenvalue weighted by Gasteiger charge is -2.16. The van der Waals surface area contributed by atoms with E-state index in [1.54, 1.807) is 37.4 Å². The van der Waals surface area contributed by atoms with E-state index in [0.717, 1.165) is 0 Å². The van der Waals surface area contributed by atoms with E-state index < -0.39 is 0 Å². The van der Waals surface area contributed by atoms with Gasteiger partial charge < -0.3 is 14.5 Å². The van der Waals surface area contributed by atoms with Crippen LogP contribution in [0.4, 0.5) is 0 Å². The minimum absolute atomic E-state index is 0.0409. The molecule has 2 aromatic carbocycles. The second-order valence-electron chi connectivity index (χ2n) is 5.59. The molecule has 1 N–H and O–H groups in total. The van der Waals surface area contributed by atoms with E-state index in [9.17, 15) is 4.79 Å². The van der Waals surface area contributed by atoms with Crippen molar-refractivity contribution in [1.29, 1.82) is 0 Å². The Morgan fingerprint density at radius 3 is 2.67 bits per heavy atom. The molecule has 0 saturated carbocycles. The van der Waals surface area contributed by atoms with Gasteiger partial charge in [-0.05, 0) is 38.1 Å². The molecular formula is C18H17ClN2O3. The van der Waals surface area contributed by atoms with Gasteiger partial charge in [0.1, 0.15) is 5.82 Å². The number of fused-ring (bicyclic) bond motifs is 1. The summed E-state index contributed by atoms with van der Waals surface area (Å²) in [6.45, 7) is 3.82. The van der Waals surface area contributed by atoms with Gasteiger partial charge in [-0.1, -0.05) is 23.7 Å². The van der Waals surface area contributed by atoms with Gasteiger partial charge in [-0.15, -0.1) is 0 Å². The van der Waals surface area contributed by atoms with Gasteiger partial charge in [-0.2, -0.15) is 0 Å². The number of H-pyrrole nitrogens is 1. The first-order valence-electron chi connectivity index (χ1n) is 7.53. The molecule has 3 aromatic rings. The summed E-state index contributed by atoms with van der Waals surface area (Å²) in [6.07, 6.45) is -0.0409. The summed E-state index contributed by atoms with van der Waals surface area (Å²) in [4.78, 5) is 19.5. The standard InChI is InChI=1S/C18H17ClN2O3/c1-10(2)24-16-13(19)8-11(9-15(16)23-3)17-20-14-7-5-4-6-12(14)18(22)21-17/h4-10H,1-3H3,(H,20,21,22). The SMILES string of the molecule is COc1cc(-c2nc3ccccc3c(=O)[nH]2)cc(Cl)c1OC(C)C. The predicted octanol–water partition coefficient (Wildman–Crippen LogP) is 4.04. The highest BCUT2D eigenvalue weighted by atomic mass is 35.5. The first-order valence-corrected chi connectivity index (χ1v) is 7.91. The average molecular weight is 345 g/mol. The van der Waals surface area contributed by atoms with Crippen LogP contribution in [0, 0.1) is 0 Å². The van der Waals surface area contributed by atoms with E-state index in [0.29, 0.717) is 38.8 Å². The molecule has 0 unspecified atom stereocenters. The summed E-state index contributed by atoms with van der Waals surface area (Å²) < 4.78 is 11.1. The molecule has 0 aliphatic rings. The molecule has 1 heterocycles. The first-order chi connectivity index (χ1) is 11.5. The van der Waals surface area contributed by atoms with Gasteiger partial charge in [0.2, 0.25) is 0 Å². The third-order valence-corrected chi connectivity index (χ3v) is 3.75. The number of para-hydroxylation sites is 1. The van der Waals surface area contributed by atoms with Crippen molar-refractivity contribution in [2.24, 2.45) is 0 Å². The van der Waals surface area contributed by atoms with E-state index in [2.05, 4.69) is 9.97 Å². The number of rotatable bonds is 4. The third-order valence-electron chi connectivity index (χ3n) is 3.47. The van der Waals surface area contributed by atoms with E-state index in [4.69, 9.17) is 21.1 Å². The number of aromatic nitrogens is 2. The Morgan fingerprint density at radius 1 is 1.21 bits per heavy atom. The average Bonchev–Trinajstić information content (AvgIpc) is 2.56. The Balaban J connectivity index is 2.16. The van der Waals surface area contributed by atoms with E-state index in [-0.39, 0.29) is 11.7 Å². The quantitative estimate of drug-likeness (QED) is 0.775. The lowest BCUT2D eigenvalue weighted by molar-refractivity contribution is 0.230. The van der Waals surface area contributed by atoms with Gasteiger partial charge in [0, 0.05) is 5.56 Å². The van der Waals surface area contributed by atoms with Crippen molar-refractivity contribution in [3.63, 3.8) is 0 Å². The predicted molar refractivity (Wildman–Crippen MR) is 95.1 cm³/mol. The molecular weight excluding hydrogens is 328 g/mol. The number of benzene rings is 2. The van der Waals surface area contributed by atoms with Crippen LogP contribution < -0.4 is 15.0 Å². The normalized spacial score (nSPS) is 11.0. The topological polar surface area (TPSA) is 64.2 Å². The minimum Gasteiger partial charge on any atom is -0.493 e. The van der Waals surface area contributed by atoms with E-state index in [1.807, 2.05) is 19.9 Å². The van der Waals surface area contributed by atoms with Crippen molar-refractivity contribution >= 4 is 22.5 Å². The van der Waals surface area contributed by atoms with Gasteiger partial charge in [-0.3, -0.25) is 4.79 Å². The molecule has 0 atom stereocenters. The number of hydrogen-bond acceptors (Lipinski definition) is 4. The largest absolute Gasteiger partial charge is 0.493 e. The van der Waals surface area contributed by atoms with Crippen LogP contribution in [0.5, 0.6) is 11.5 Å². The van der Waals surface area contributed by atoms with Gasteiger partial charge in [0.15, 0.2) is 11.5 Å².